The minimum atomic E-state index is -4.99. The fraction of sp³-hybridized carbons (Fsp3) is 0.364. The maximum Gasteiger partial charge on any atom is 0.423 e. The summed E-state index contributed by atoms with van der Waals surface area (Å²) in [7, 11) is 0. The van der Waals surface area contributed by atoms with Crippen molar-refractivity contribution >= 4 is 11.5 Å². The van der Waals surface area contributed by atoms with Gasteiger partial charge < -0.3 is 4.74 Å². The van der Waals surface area contributed by atoms with E-state index >= 15 is 0 Å². The third-order valence-electron chi connectivity index (χ3n) is 2.26. The molecule has 0 radical (unpaired) electrons. The third kappa shape index (κ3) is 3.21. The molecule has 0 aliphatic carbocycles. The fourth-order valence-corrected chi connectivity index (χ4v) is 1.57. The molecule has 19 heavy (non-hydrogen) atoms. The summed E-state index contributed by atoms with van der Waals surface area (Å²) in [6, 6.07) is 1.53. The molecule has 0 saturated carbocycles. The Kier molecular flexibility index (Phi) is 4.13. The van der Waals surface area contributed by atoms with Gasteiger partial charge >= 0.3 is 6.18 Å². The highest BCUT2D eigenvalue weighted by atomic mass is 19.4. The van der Waals surface area contributed by atoms with E-state index in [0.29, 0.717) is 6.07 Å². The van der Waals surface area contributed by atoms with Gasteiger partial charge in [0.05, 0.1) is 17.6 Å². The minimum absolute atomic E-state index is 0.111. The third-order valence-corrected chi connectivity index (χ3v) is 2.26. The number of Topliss-reactive ketones (excluding diaryl/α,β-unsaturated/α-hetero) is 1. The van der Waals surface area contributed by atoms with Crippen molar-refractivity contribution < 1.29 is 27.6 Å². The second-order valence-electron chi connectivity index (χ2n) is 3.61. The van der Waals surface area contributed by atoms with E-state index in [0.717, 1.165) is 13.0 Å². The Bertz CT molecular complexity index is 490. The molecule has 0 amide bonds. The molecule has 0 aromatic heterocycles. The highest BCUT2D eigenvalue weighted by Gasteiger charge is 2.42. The smallest absolute Gasteiger partial charge is 0.423 e. The molecule has 1 aromatic rings. The van der Waals surface area contributed by atoms with Crippen LogP contribution in [0.4, 0.5) is 18.9 Å². The lowest BCUT2D eigenvalue weighted by Crippen LogP contribution is -2.15. The number of rotatable bonds is 4. The van der Waals surface area contributed by atoms with Crippen molar-refractivity contribution in [3.8, 4) is 5.75 Å². The predicted octanol–water partition coefficient (Wildman–Crippen LogP) is 3.21. The van der Waals surface area contributed by atoms with Crippen LogP contribution in [-0.4, -0.2) is 17.3 Å². The number of nitrogens with zero attached hydrogens (tertiary/aromatic N) is 1. The number of hydrogen-bond acceptors (Lipinski definition) is 4. The van der Waals surface area contributed by atoms with E-state index in [1.54, 1.807) is 6.92 Å². The number of carbonyl (C=O) groups excluding carboxylic acids is 1. The maximum atomic E-state index is 12.8. The van der Waals surface area contributed by atoms with Crippen molar-refractivity contribution in [2.24, 2.45) is 0 Å². The van der Waals surface area contributed by atoms with Crippen molar-refractivity contribution in [3.63, 3.8) is 0 Å². The lowest BCUT2D eigenvalue weighted by molar-refractivity contribution is -0.388. The zero-order valence-corrected chi connectivity index (χ0v) is 10.1. The Morgan fingerprint density at radius 1 is 1.42 bits per heavy atom. The van der Waals surface area contributed by atoms with Gasteiger partial charge in [-0.1, -0.05) is 0 Å². The molecule has 0 bridgehead atoms. The number of carbonyl (C=O) groups is 1. The SMILES string of the molecule is CCOc1cc(C(C)=O)c(C(F)(F)F)c([N+](=O)[O-])c1. The molecule has 0 unspecified atom stereocenters. The van der Waals surface area contributed by atoms with E-state index < -0.39 is 33.7 Å². The van der Waals surface area contributed by atoms with Gasteiger partial charge in [0.1, 0.15) is 11.3 Å². The quantitative estimate of drug-likeness (QED) is 0.481. The monoisotopic (exact) mass is 277 g/mol. The Balaban J connectivity index is 3.66. The van der Waals surface area contributed by atoms with Crippen molar-refractivity contribution in [1.82, 2.24) is 0 Å². The van der Waals surface area contributed by atoms with Crippen molar-refractivity contribution in [2.75, 3.05) is 6.61 Å². The zero-order chi connectivity index (χ0) is 14.8. The highest BCUT2D eigenvalue weighted by molar-refractivity contribution is 5.97. The molecule has 0 aliphatic rings. The van der Waals surface area contributed by atoms with Gasteiger partial charge in [0.2, 0.25) is 0 Å². The second kappa shape index (κ2) is 5.25. The Morgan fingerprint density at radius 2 is 2.00 bits per heavy atom. The molecule has 0 atom stereocenters. The van der Waals surface area contributed by atoms with Crippen LogP contribution in [0.2, 0.25) is 0 Å². The molecular formula is C11H10F3NO4. The first-order valence-electron chi connectivity index (χ1n) is 5.21. The van der Waals surface area contributed by atoms with E-state index in [-0.39, 0.29) is 12.4 Å². The van der Waals surface area contributed by atoms with Crippen LogP contribution in [0.5, 0.6) is 5.75 Å². The van der Waals surface area contributed by atoms with Gasteiger partial charge in [0.25, 0.3) is 5.69 Å². The lowest BCUT2D eigenvalue weighted by atomic mass is 10.0. The molecule has 0 N–H and O–H groups in total. The topological polar surface area (TPSA) is 69.4 Å². The number of halogens is 3. The van der Waals surface area contributed by atoms with E-state index in [2.05, 4.69) is 0 Å². The van der Waals surface area contributed by atoms with E-state index in [4.69, 9.17) is 4.74 Å². The highest BCUT2D eigenvalue weighted by Crippen LogP contribution is 2.41. The van der Waals surface area contributed by atoms with Crippen LogP contribution in [0.1, 0.15) is 29.8 Å². The Hall–Kier alpha value is -2.12. The van der Waals surface area contributed by atoms with Crippen molar-refractivity contribution in [1.29, 1.82) is 0 Å². The molecular weight excluding hydrogens is 267 g/mol. The number of alkyl halides is 3. The van der Waals surface area contributed by atoms with Crippen LogP contribution in [0, 0.1) is 10.1 Å². The Morgan fingerprint density at radius 3 is 2.37 bits per heavy atom. The van der Waals surface area contributed by atoms with Crippen LogP contribution in [0.25, 0.3) is 0 Å². The molecule has 0 heterocycles. The average molecular weight is 277 g/mol. The first-order valence-corrected chi connectivity index (χ1v) is 5.21. The van der Waals surface area contributed by atoms with E-state index in [1.165, 1.54) is 0 Å². The lowest BCUT2D eigenvalue weighted by Gasteiger charge is -2.13. The summed E-state index contributed by atoms with van der Waals surface area (Å²) in [4.78, 5) is 20.8. The first-order chi connectivity index (χ1) is 8.68. The van der Waals surface area contributed by atoms with Crippen LogP contribution in [-0.2, 0) is 6.18 Å². The van der Waals surface area contributed by atoms with E-state index in [9.17, 15) is 28.1 Å². The van der Waals surface area contributed by atoms with Crippen LogP contribution in [0.15, 0.2) is 12.1 Å². The van der Waals surface area contributed by atoms with Gasteiger partial charge in [0, 0.05) is 5.56 Å². The molecule has 0 spiro atoms. The number of benzene rings is 1. The molecule has 1 rings (SSSR count). The summed E-state index contributed by atoms with van der Waals surface area (Å²) >= 11 is 0. The summed E-state index contributed by atoms with van der Waals surface area (Å²) in [6.45, 7) is 2.58. The number of ether oxygens (including phenoxy) is 1. The molecule has 104 valence electrons. The van der Waals surface area contributed by atoms with Crippen molar-refractivity contribution in [2.45, 2.75) is 20.0 Å². The number of ketones is 1. The van der Waals surface area contributed by atoms with Crippen LogP contribution < -0.4 is 4.74 Å². The summed E-state index contributed by atoms with van der Waals surface area (Å²) in [5, 5.41) is 10.7. The van der Waals surface area contributed by atoms with Crippen LogP contribution >= 0.6 is 0 Å². The summed E-state index contributed by atoms with van der Waals surface area (Å²) in [5.41, 5.74) is -3.51. The van der Waals surface area contributed by atoms with Gasteiger partial charge in [-0.25, -0.2) is 0 Å². The number of hydrogen-bond donors (Lipinski definition) is 0. The molecule has 0 saturated heterocycles. The normalized spacial score (nSPS) is 11.2. The molecule has 0 aliphatic heterocycles. The zero-order valence-electron chi connectivity index (χ0n) is 10.1. The summed E-state index contributed by atoms with van der Waals surface area (Å²) in [6.07, 6.45) is -4.99. The maximum absolute atomic E-state index is 12.8. The number of nitro benzene ring substituents is 1. The number of nitro groups is 1. The molecule has 0 fully saturated rings. The van der Waals surface area contributed by atoms with Gasteiger partial charge in [0.15, 0.2) is 5.78 Å². The summed E-state index contributed by atoms with van der Waals surface area (Å²) in [5.74, 6) is -1.07. The average Bonchev–Trinajstić information content (AvgIpc) is 2.26. The van der Waals surface area contributed by atoms with Crippen molar-refractivity contribution in [3.05, 3.63) is 33.4 Å². The van der Waals surface area contributed by atoms with Crippen LogP contribution in [0.3, 0.4) is 0 Å². The summed E-state index contributed by atoms with van der Waals surface area (Å²) < 4.78 is 43.5. The molecule has 5 nitrogen and oxygen atoms in total. The predicted molar refractivity (Wildman–Crippen MR) is 59.3 cm³/mol. The fourth-order valence-electron chi connectivity index (χ4n) is 1.57. The van der Waals surface area contributed by atoms with E-state index in [1.807, 2.05) is 0 Å². The largest absolute Gasteiger partial charge is 0.494 e. The van der Waals surface area contributed by atoms with Gasteiger partial charge in [-0.2, -0.15) is 13.2 Å². The molecule has 1 aromatic carbocycles. The second-order valence-corrected chi connectivity index (χ2v) is 3.61. The van der Waals surface area contributed by atoms with Gasteiger partial charge in [-0.3, -0.25) is 14.9 Å². The van der Waals surface area contributed by atoms with Gasteiger partial charge in [-0.15, -0.1) is 0 Å². The minimum Gasteiger partial charge on any atom is -0.494 e. The molecule has 8 heteroatoms. The van der Waals surface area contributed by atoms with Gasteiger partial charge in [-0.05, 0) is 19.9 Å². The Labute approximate surface area is 106 Å². The first kappa shape index (κ1) is 14.9. The standard InChI is InChI=1S/C11H10F3NO4/c1-3-19-7-4-8(6(2)16)10(11(12,13)14)9(5-7)15(17)18/h4-5H,3H2,1-2H3.